The number of unbranched alkanes of at least 4 members (excludes halogenated alkanes) is 1. The Hall–Kier alpha value is -1.67. The molecule has 1 atom stereocenters. The van der Waals surface area contributed by atoms with Crippen LogP contribution in [0.1, 0.15) is 46.4 Å². The summed E-state index contributed by atoms with van der Waals surface area (Å²) in [6, 6.07) is 4.28. The number of fused-ring (bicyclic) bond motifs is 1. The van der Waals surface area contributed by atoms with Crippen molar-refractivity contribution in [2.75, 3.05) is 11.1 Å². The van der Waals surface area contributed by atoms with Crippen LogP contribution in [0.2, 0.25) is 0 Å². The standard InChI is InChI=1S/C17H17BrN2O4S/c18-8-1-2-9-25-12-5-3-4-10-14(12)17(24)20(16(10)23)11-6-7-13(21)19-15(11)22/h3-5,11H,1-2,6-9H2,(H,19,21,22). The first kappa shape index (κ1) is 18.1. The molecule has 0 spiro atoms. The normalized spacial score (nSPS) is 20.0. The average molecular weight is 425 g/mol. The molecule has 1 unspecified atom stereocenters. The minimum Gasteiger partial charge on any atom is -0.295 e. The number of rotatable bonds is 6. The molecule has 0 aliphatic carbocycles. The highest BCUT2D eigenvalue weighted by molar-refractivity contribution is 9.09. The van der Waals surface area contributed by atoms with Crippen LogP contribution < -0.4 is 5.32 Å². The van der Waals surface area contributed by atoms with Gasteiger partial charge in [0.2, 0.25) is 11.8 Å². The van der Waals surface area contributed by atoms with Gasteiger partial charge in [0.1, 0.15) is 6.04 Å². The molecule has 1 saturated heterocycles. The van der Waals surface area contributed by atoms with Gasteiger partial charge in [0.15, 0.2) is 0 Å². The van der Waals surface area contributed by atoms with E-state index in [-0.39, 0.29) is 18.7 Å². The largest absolute Gasteiger partial charge is 0.295 e. The number of hydrogen-bond donors (Lipinski definition) is 1. The first-order chi connectivity index (χ1) is 12.0. The molecule has 1 N–H and O–H groups in total. The van der Waals surface area contributed by atoms with Gasteiger partial charge in [0.05, 0.1) is 11.1 Å². The fourth-order valence-corrected chi connectivity index (χ4v) is 4.46. The van der Waals surface area contributed by atoms with Crippen LogP contribution in [0.5, 0.6) is 0 Å². The van der Waals surface area contributed by atoms with Crippen LogP contribution in [0.3, 0.4) is 0 Å². The SMILES string of the molecule is O=C1CCC(N2C(=O)c3cccc(SCCCCBr)c3C2=O)C(=O)N1. The second-order valence-corrected chi connectivity index (χ2v) is 7.80. The third kappa shape index (κ3) is 3.50. The van der Waals surface area contributed by atoms with Crippen LogP contribution in [0.25, 0.3) is 0 Å². The predicted molar refractivity (Wildman–Crippen MR) is 96.9 cm³/mol. The lowest BCUT2D eigenvalue weighted by Gasteiger charge is -2.27. The van der Waals surface area contributed by atoms with Gasteiger partial charge in [-0.2, -0.15) is 0 Å². The van der Waals surface area contributed by atoms with E-state index in [1.807, 2.05) is 6.07 Å². The average Bonchev–Trinajstić information content (AvgIpc) is 2.84. The molecule has 6 nitrogen and oxygen atoms in total. The van der Waals surface area contributed by atoms with E-state index in [1.165, 1.54) is 0 Å². The Balaban J connectivity index is 1.84. The maximum absolute atomic E-state index is 12.9. The fourth-order valence-electron chi connectivity index (χ4n) is 2.98. The third-order valence-electron chi connectivity index (χ3n) is 4.22. The summed E-state index contributed by atoms with van der Waals surface area (Å²) in [5.41, 5.74) is 0.709. The minimum absolute atomic E-state index is 0.123. The Morgan fingerprint density at radius 2 is 1.96 bits per heavy atom. The number of piperidine rings is 1. The summed E-state index contributed by atoms with van der Waals surface area (Å²) < 4.78 is 0. The molecule has 2 aliphatic heterocycles. The molecule has 1 aromatic rings. The van der Waals surface area contributed by atoms with E-state index in [0.717, 1.165) is 33.7 Å². The highest BCUT2D eigenvalue weighted by Crippen LogP contribution is 2.34. The monoisotopic (exact) mass is 424 g/mol. The Morgan fingerprint density at radius 3 is 2.68 bits per heavy atom. The van der Waals surface area contributed by atoms with Gasteiger partial charge in [0, 0.05) is 16.6 Å². The molecule has 25 heavy (non-hydrogen) atoms. The summed E-state index contributed by atoms with van der Waals surface area (Å²) in [7, 11) is 0. The van der Waals surface area contributed by atoms with Crippen LogP contribution in [0.15, 0.2) is 23.1 Å². The van der Waals surface area contributed by atoms with E-state index < -0.39 is 23.8 Å². The molecule has 0 bridgehead atoms. The first-order valence-corrected chi connectivity index (χ1v) is 10.2. The van der Waals surface area contributed by atoms with Crippen LogP contribution in [0, 0.1) is 0 Å². The summed E-state index contributed by atoms with van der Waals surface area (Å²) in [5.74, 6) is -1.02. The van der Waals surface area contributed by atoms with Crippen LogP contribution in [0.4, 0.5) is 0 Å². The van der Waals surface area contributed by atoms with Crippen molar-refractivity contribution in [3.05, 3.63) is 29.3 Å². The van der Waals surface area contributed by atoms with Crippen molar-refractivity contribution in [1.29, 1.82) is 0 Å². The maximum atomic E-state index is 12.9. The van der Waals surface area contributed by atoms with E-state index in [2.05, 4.69) is 21.2 Å². The first-order valence-electron chi connectivity index (χ1n) is 8.08. The minimum atomic E-state index is -0.920. The number of alkyl halides is 1. The van der Waals surface area contributed by atoms with E-state index >= 15 is 0 Å². The zero-order chi connectivity index (χ0) is 18.0. The number of imide groups is 2. The van der Waals surface area contributed by atoms with E-state index in [0.29, 0.717) is 11.1 Å². The number of carbonyl (C=O) groups is 4. The highest BCUT2D eigenvalue weighted by atomic mass is 79.9. The number of nitrogens with one attached hydrogen (secondary N) is 1. The lowest BCUT2D eigenvalue weighted by molar-refractivity contribution is -0.136. The van der Waals surface area contributed by atoms with Crippen molar-refractivity contribution in [2.45, 2.75) is 36.6 Å². The fraction of sp³-hybridized carbons (Fsp3) is 0.412. The van der Waals surface area contributed by atoms with Crippen molar-refractivity contribution in [1.82, 2.24) is 10.2 Å². The second-order valence-electron chi connectivity index (χ2n) is 5.87. The number of hydrogen-bond acceptors (Lipinski definition) is 5. The lowest BCUT2D eigenvalue weighted by Crippen LogP contribution is -2.54. The van der Waals surface area contributed by atoms with Crippen molar-refractivity contribution in [3.8, 4) is 0 Å². The molecule has 4 amide bonds. The summed E-state index contributed by atoms with van der Waals surface area (Å²) in [4.78, 5) is 50.7. The molecule has 2 heterocycles. The van der Waals surface area contributed by atoms with Gasteiger partial charge < -0.3 is 0 Å². The Labute approximate surface area is 157 Å². The molecule has 0 radical (unpaired) electrons. The Bertz CT molecular complexity index is 752. The second kappa shape index (κ2) is 7.70. The molecular weight excluding hydrogens is 408 g/mol. The van der Waals surface area contributed by atoms with E-state index in [4.69, 9.17) is 0 Å². The quantitative estimate of drug-likeness (QED) is 0.328. The Morgan fingerprint density at radius 1 is 1.16 bits per heavy atom. The molecule has 1 aromatic carbocycles. The van der Waals surface area contributed by atoms with Gasteiger partial charge >= 0.3 is 0 Å². The molecule has 0 saturated carbocycles. The number of halogens is 1. The number of nitrogens with zero attached hydrogens (tertiary/aromatic N) is 1. The van der Waals surface area contributed by atoms with Gasteiger partial charge in [-0.05, 0) is 37.1 Å². The lowest BCUT2D eigenvalue weighted by atomic mass is 10.0. The number of thioether (sulfide) groups is 1. The predicted octanol–water partition coefficient (Wildman–Crippen LogP) is 2.36. The number of benzene rings is 1. The summed E-state index contributed by atoms with van der Waals surface area (Å²) in [6.45, 7) is 0. The van der Waals surface area contributed by atoms with Crippen molar-refractivity contribution in [2.24, 2.45) is 0 Å². The third-order valence-corrected chi connectivity index (χ3v) is 5.92. The molecule has 8 heteroatoms. The molecule has 3 rings (SSSR count). The smallest absolute Gasteiger partial charge is 0.263 e. The van der Waals surface area contributed by atoms with E-state index in [9.17, 15) is 19.2 Å². The molecule has 2 aliphatic rings. The van der Waals surface area contributed by atoms with Crippen molar-refractivity contribution in [3.63, 3.8) is 0 Å². The summed E-state index contributed by atoms with van der Waals surface area (Å²) >= 11 is 4.93. The van der Waals surface area contributed by atoms with Gasteiger partial charge in [-0.3, -0.25) is 29.4 Å². The van der Waals surface area contributed by atoms with Gasteiger partial charge in [-0.25, -0.2) is 0 Å². The number of carbonyl (C=O) groups excluding carboxylic acids is 4. The highest BCUT2D eigenvalue weighted by Gasteiger charge is 2.45. The van der Waals surface area contributed by atoms with Crippen molar-refractivity contribution >= 4 is 51.3 Å². The summed E-state index contributed by atoms with van der Waals surface area (Å²) in [6.07, 6.45) is 2.33. The van der Waals surface area contributed by atoms with Crippen LogP contribution in [-0.2, 0) is 9.59 Å². The number of amides is 4. The molecule has 0 aromatic heterocycles. The zero-order valence-corrected chi connectivity index (χ0v) is 15.8. The zero-order valence-electron chi connectivity index (χ0n) is 13.4. The van der Waals surface area contributed by atoms with Gasteiger partial charge in [0.25, 0.3) is 11.8 Å². The van der Waals surface area contributed by atoms with Crippen LogP contribution >= 0.6 is 27.7 Å². The maximum Gasteiger partial charge on any atom is 0.263 e. The van der Waals surface area contributed by atoms with Gasteiger partial charge in [-0.15, -0.1) is 11.8 Å². The topological polar surface area (TPSA) is 83.6 Å². The molecule has 132 valence electrons. The Kier molecular flexibility index (Phi) is 5.58. The van der Waals surface area contributed by atoms with E-state index in [1.54, 1.807) is 23.9 Å². The van der Waals surface area contributed by atoms with Crippen molar-refractivity contribution < 1.29 is 19.2 Å². The van der Waals surface area contributed by atoms with Crippen LogP contribution in [-0.4, -0.2) is 45.7 Å². The summed E-state index contributed by atoms with van der Waals surface area (Å²) in [5, 5.41) is 3.14. The molecule has 1 fully saturated rings. The molecular formula is C17H17BrN2O4S. The van der Waals surface area contributed by atoms with Gasteiger partial charge in [-0.1, -0.05) is 22.0 Å².